The van der Waals surface area contributed by atoms with Crippen molar-refractivity contribution in [3.63, 3.8) is 0 Å². The van der Waals surface area contributed by atoms with E-state index in [-0.39, 0.29) is 30.4 Å². The lowest BCUT2D eigenvalue weighted by Gasteiger charge is -2.14. The molecule has 6 nitrogen and oxygen atoms in total. The van der Waals surface area contributed by atoms with Gasteiger partial charge in [-0.3, -0.25) is 9.59 Å². The summed E-state index contributed by atoms with van der Waals surface area (Å²) in [6, 6.07) is -0.0970. The Balaban J connectivity index is 2.26. The zero-order chi connectivity index (χ0) is 11.3. The molecule has 86 valence electrons. The Morgan fingerprint density at radius 1 is 1.80 bits per heavy atom. The molecule has 6 heteroatoms. The van der Waals surface area contributed by atoms with Crippen LogP contribution in [0.5, 0.6) is 0 Å². The summed E-state index contributed by atoms with van der Waals surface area (Å²) >= 11 is 0. The normalized spacial score (nSPS) is 22.3. The van der Waals surface area contributed by atoms with Gasteiger partial charge in [-0.05, 0) is 0 Å². The monoisotopic (exact) mass is 215 g/mol. The average molecular weight is 215 g/mol. The van der Waals surface area contributed by atoms with E-state index in [1.54, 1.807) is 0 Å². The van der Waals surface area contributed by atoms with E-state index >= 15 is 0 Å². The lowest BCUT2D eigenvalue weighted by molar-refractivity contribution is -0.124. The SMILES string of the molecule is COC(CN)CC(=O)NC1CNC(=O)C1. The molecule has 4 N–H and O–H groups in total. The summed E-state index contributed by atoms with van der Waals surface area (Å²) in [5.74, 6) is -0.156. The molecule has 0 saturated carbocycles. The minimum absolute atomic E-state index is 0.0255. The summed E-state index contributed by atoms with van der Waals surface area (Å²) in [4.78, 5) is 22.3. The van der Waals surface area contributed by atoms with Crippen LogP contribution in [0.2, 0.25) is 0 Å². The van der Waals surface area contributed by atoms with Gasteiger partial charge in [0.15, 0.2) is 0 Å². The van der Waals surface area contributed by atoms with Crippen LogP contribution in [0.25, 0.3) is 0 Å². The first kappa shape index (κ1) is 11.9. The van der Waals surface area contributed by atoms with Gasteiger partial charge >= 0.3 is 0 Å². The van der Waals surface area contributed by atoms with Gasteiger partial charge in [0.1, 0.15) is 0 Å². The Bertz CT molecular complexity index is 241. The highest BCUT2D eigenvalue weighted by Crippen LogP contribution is 2.01. The van der Waals surface area contributed by atoms with Crippen molar-refractivity contribution in [2.75, 3.05) is 20.2 Å². The van der Waals surface area contributed by atoms with Crippen LogP contribution in [0.15, 0.2) is 0 Å². The lowest BCUT2D eigenvalue weighted by atomic mass is 10.2. The molecule has 1 aliphatic heterocycles. The number of rotatable bonds is 5. The van der Waals surface area contributed by atoms with Crippen LogP contribution in [0, 0.1) is 0 Å². The summed E-state index contributed by atoms with van der Waals surface area (Å²) in [7, 11) is 1.52. The van der Waals surface area contributed by atoms with Crippen LogP contribution in [0.4, 0.5) is 0 Å². The van der Waals surface area contributed by atoms with Crippen molar-refractivity contribution >= 4 is 11.8 Å². The van der Waals surface area contributed by atoms with Gasteiger partial charge in [-0.15, -0.1) is 0 Å². The predicted molar refractivity (Wildman–Crippen MR) is 54.0 cm³/mol. The summed E-state index contributed by atoms with van der Waals surface area (Å²) in [6.07, 6.45) is 0.332. The Hall–Kier alpha value is -1.14. The second-order valence-electron chi connectivity index (χ2n) is 3.57. The highest BCUT2D eigenvalue weighted by molar-refractivity contribution is 5.82. The molecular weight excluding hydrogens is 198 g/mol. The molecule has 0 aromatic rings. The van der Waals surface area contributed by atoms with Crippen LogP contribution < -0.4 is 16.4 Å². The second kappa shape index (κ2) is 5.67. The minimum atomic E-state index is -0.255. The van der Waals surface area contributed by atoms with Crippen LogP contribution in [-0.4, -0.2) is 44.2 Å². The van der Waals surface area contributed by atoms with Gasteiger partial charge in [0.25, 0.3) is 0 Å². The third-order valence-corrected chi connectivity index (χ3v) is 2.35. The molecule has 2 atom stereocenters. The third-order valence-electron chi connectivity index (χ3n) is 2.35. The summed E-state index contributed by atoms with van der Waals surface area (Å²) < 4.78 is 4.99. The molecule has 1 saturated heterocycles. The van der Waals surface area contributed by atoms with E-state index in [0.29, 0.717) is 19.5 Å². The van der Waals surface area contributed by atoms with E-state index in [0.717, 1.165) is 0 Å². The van der Waals surface area contributed by atoms with Crippen molar-refractivity contribution in [3.8, 4) is 0 Å². The molecule has 0 aromatic carbocycles. The molecule has 1 fully saturated rings. The van der Waals surface area contributed by atoms with E-state index < -0.39 is 0 Å². The number of methoxy groups -OCH3 is 1. The van der Waals surface area contributed by atoms with E-state index in [1.807, 2.05) is 0 Å². The molecule has 15 heavy (non-hydrogen) atoms. The fourth-order valence-corrected chi connectivity index (χ4v) is 1.46. The van der Waals surface area contributed by atoms with E-state index in [2.05, 4.69) is 10.6 Å². The lowest BCUT2D eigenvalue weighted by Crippen LogP contribution is -2.39. The highest BCUT2D eigenvalue weighted by Gasteiger charge is 2.23. The first-order valence-electron chi connectivity index (χ1n) is 4.94. The molecular formula is C9H17N3O3. The number of hydrogen-bond acceptors (Lipinski definition) is 4. The highest BCUT2D eigenvalue weighted by atomic mass is 16.5. The number of carbonyl (C=O) groups excluding carboxylic acids is 2. The zero-order valence-corrected chi connectivity index (χ0v) is 8.79. The number of nitrogens with two attached hydrogens (primary N) is 1. The molecule has 0 aliphatic carbocycles. The quantitative estimate of drug-likeness (QED) is 0.512. The smallest absolute Gasteiger partial charge is 0.222 e. The fourth-order valence-electron chi connectivity index (χ4n) is 1.46. The van der Waals surface area contributed by atoms with Gasteiger partial charge in [0.2, 0.25) is 11.8 Å². The molecule has 0 spiro atoms. The fraction of sp³-hybridized carbons (Fsp3) is 0.778. The van der Waals surface area contributed by atoms with Crippen LogP contribution in [0.3, 0.4) is 0 Å². The molecule has 1 heterocycles. The summed E-state index contributed by atoms with van der Waals surface area (Å²) in [5.41, 5.74) is 5.39. The van der Waals surface area contributed by atoms with Crippen molar-refractivity contribution in [2.24, 2.45) is 5.73 Å². The van der Waals surface area contributed by atoms with Crippen molar-refractivity contribution in [1.29, 1.82) is 0 Å². The number of nitrogens with one attached hydrogen (secondary N) is 2. The van der Waals surface area contributed by atoms with Gasteiger partial charge in [0, 0.05) is 26.6 Å². The Labute approximate surface area is 88.5 Å². The number of amides is 2. The maximum atomic E-state index is 11.4. The van der Waals surface area contributed by atoms with Gasteiger partial charge < -0.3 is 21.1 Å². The Kier molecular flexibility index (Phi) is 4.51. The minimum Gasteiger partial charge on any atom is -0.380 e. The molecule has 2 amide bonds. The van der Waals surface area contributed by atoms with E-state index in [9.17, 15) is 9.59 Å². The summed E-state index contributed by atoms with van der Waals surface area (Å²) in [5, 5.41) is 5.40. The number of hydrogen-bond donors (Lipinski definition) is 3. The standard InChI is InChI=1S/C9H17N3O3/c1-15-7(4-10)3-9(14)12-6-2-8(13)11-5-6/h6-7H,2-5,10H2,1H3,(H,11,13)(H,12,14). The maximum Gasteiger partial charge on any atom is 0.222 e. The largest absolute Gasteiger partial charge is 0.380 e. The van der Waals surface area contributed by atoms with Crippen molar-refractivity contribution in [1.82, 2.24) is 10.6 Å². The number of carbonyl (C=O) groups is 2. The first-order valence-corrected chi connectivity index (χ1v) is 4.94. The maximum absolute atomic E-state index is 11.4. The van der Waals surface area contributed by atoms with Crippen LogP contribution in [-0.2, 0) is 14.3 Å². The summed E-state index contributed by atoms with van der Waals surface area (Å²) in [6.45, 7) is 0.816. The third kappa shape index (κ3) is 3.85. The van der Waals surface area contributed by atoms with E-state index in [1.165, 1.54) is 7.11 Å². The van der Waals surface area contributed by atoms with Crippen molar-refractivity contribution in [2.45, 2.75) is 25.0 Å². The van der Waals surface area contributed by atoms with Gasteiger partial charge in [-0.1, -0.05) is 0 Å². The van der Waals surface area contributed by atoms with Gasteiger partial charge in [-0.25, -0.2) is 0 Å². The molecule has 1 aliphatic rings. The number of ether oxygens (including phenoxy) is 1. The predicted octanol–water partition coefficient (Wildman–Crippen LogP) is -1.65. The van der Waals surface area contributed by atoms with Crippen LogP contribution >= 0.6 is 0 Å². The second-order valence-corrected chi connectivity index (χ2v) is 3.57. The van der Waals surface area contributed by atoms with Gasteiger partial charge in [0.05, 0.1) is 18.6 Å². The first-order chi connectivity index (χ1) is 7.15. The Morgan fingerprint density at radius 2 is 2.53 bits per heavy atom. The van der Waals surface area contributed by atoms with Crippen molar-refractivity contribution in [3.05, 3.63) is 0 Å². The molecule has 2 unspecified atom stereocenters. The molecule has 0 bridgehead atoms. The molecule has 0 radical (unpaired) electrons. The average Bonchev–Trinajstić information content (AvgIpc) is 2.60. The van der Waals surface area contributed by atoms with E-state index in [4.69, 9.17) is 10.5 Å². The zero-order valence-electron chi connectivity index (χ0n) is 8.79. The Morgan fingerprint density at radius 3 is 3.00 bits per heavy atom. The van der Waals surface area contributed by atoms with Crippen molar-refractivity contribution < 1.29 is 14.3 Å². The topological polar surface area (TPSA) is 93.4 Å². The molecule has 1 rings (SSSR count). The van der Waals surface area contributed by atoms with Crippen LogP contribution in [0.1, 0.15) is 12.8 Å². The molecule has 0 aromatic heterocycles. The van der Waals surface area contributed by atoms with Gasteiger partial charge in [-0.2, -0.15) is 0 Å².